The molecule has 2 rings (SSSR count). The zero-order valence-electron chi connectivity index (χ0n) is 12.9. The Bertz CT molecular complexity index is 615. The zero-order chi connectivity index (χ0) is 16.1. The van der Waals surface area contributed by atoms with Gasteiger partial charge in [0.25, 0.3) is 0 Å². The molecule has 0 aliphatic heterocycles. The smallest absolute Gasteiger partial charge is 0.213 e. The summed E-state index contributed by atoms with van der Waals surface area (Å²) in [6, 6.07) is 7.58. The van der Waals surface area contributed by atoms with Crippen molar-refractivity contribution in [2.75, 3.05) is 0 Å². The lowest BCUT2D eigenvalue weighted by molar-refractivity contribution is 0.232. The average molecular weight is 306 g/mol. The van der Waals surface area contributed by atoms with Crippen molar-refractivity contribution < 1.29 is 13.5 Å². The Morgan fingerprint density at radius 3 is 2.45 bits per heavy atom. The van der Waals surface area contributed by atoms with E-state index in [2.05, 4.69) is 10.3 Å². The Balaban J connectivity index is 1.92. The van der Waals surface area contributed by atoms with E-state index in [1.165, 1.54) is 6.07 Å². The molecule has 0 bridgehead atoms. The molecule has 0 spiro atoms. The van der Waals surface area contributed by atoms with Gasteiger partial charge in [-0.1, -0.05) is 12.1 Å². The first kappa shape index (κ1) is 16.4. The lowest BCUT2D eigenvalue weighted by Gasteiger charge is -2.15. The second kappa shape index (κ2) is 7.31. The number of hydrogen-bond acceptors (Lipinski definition) is 3. The van der Waals surface area contributed by atoms with Crippen LogP contribution >= 0.6 is 0 Å². The molecule has 1 heterocycles. The minimum atomic E-state index is -0.833. The summed E-state index contributed by atoms with van der Waals surface area (Å²) in [7, 11) is 0. The standard InChI is InChI=1S/C17H20F2N2O/c1-11(2)22-17-7-4-13(10-21-17)9-20-12(3)14-5-6-15(18)16(19)8-14/h4-8,10-12,20H,9H2,1-3H3. The van der Waals surface area contributed by atoms with Crippen LogP contribution in [0.5, 0.6) is 5.88 Å². The predicted octanol–water partition coefficient (Wildman–Crippen LogP) is 4.00. The van der Waals surface area contributed by atoms with Gasteiger partial charge >= 0.3 is 0 Å². The van der Waals surface area contributed by atoms with Crippen molar-refractivity contribution in [1.82, 2.24) is 10.3 Å². The molecule has 0 amide bonds. The minimum Gasteiger partial charge on any atom is -0.475 e. The van der Waals surface area contributed by atoms with Gasteiger partial charge in [0.2, 0.25) is 5.88 Å². The summed E-state index contributed by atoms with van der Waals surface area (Å²) in [4.78, 5) is 4.22. The summed E-state index contributed by atoms with van der Waals surface area (Å²) in [5, 5.41) is 3.25. The summed E-state index contributed by atoms with van der Waals surface area (Å²) in [5.41, 5.74) is 1.69. The fourth-order valence-electron chi connectivity index (χ4n) is 2.00. The van der Waals surface area contributed by atoms with Gasteiger partial charge in [-0.3, -0.25) is 0 Å². The van der Waals surface area contributed by atoms with Crippen LogP contribution in [-0.2, 0) is 6.54 Å². The second-order valence-electron chi connectivity index (χ2n) is 5.45. The highest BCUT2D eigenvalue weighted by atomic mass is 19.2. The lowest BCUT2D eigenvalue weighted by atomic mass is 10.1. The van der Waals surface area contributed by atoms with Crippen LogP contribution in [0, 0.1) is 11.6 Å². The van der Waals surface area contributed by atoms with E-state index in [1.54, 1.807) is 12.3 Å². The molecule has 0 aliphatic carbocycles. The number of benzene rings is 1. The lowest BCUT2D eigenvalue weighted by Crippen LogP contribution is -2.18. The van der Waals surface area contributed by atoms with Gasteiger partial charge in [-0.15, -0.1) is 0 Å². The number of hydrogen-bond donors (Lipinski definition) is 1. The van der Waals surface area contributed by atoms with Crippen LogP contribution in [0.15, 0.2) is 36.5 Å². The molecule has 3 nitrogen and oxygen atoms in total. The van der Waals surface area contributed by atoms with Crippen molar-refractivity contribution in [2.45, 2.75) is 39.5 Å². The third-order valence-electron chi connectivity index (χ3n) is 3.21. The number of halogens is 2. The number of nitrogens with one attached hydrogen (secondary N) is 1. The van der Waals surface area contributed by atoms with Gasteiger partial charge < -0.3 is 10.1 Å². The first-order valence-corrected chi connectivity index (χ1v) is 7.25. The molecule has 1 atom stereocenters. The van der Waals surface area contributed by atoms with Crippen molar-refractivity contribution in [3.05, 3.63) is 59.3 Å². The van der Waals surface area contributed by atoms with Gasteiger partial charge in [-0.05, 0) is 44.0 Å². The molecule has 1 N–H and O–H groups in total. The molecule has 5 heteroatoms. The molecule has 0 aliphatic rings. The van der Waals surface area contributed by atoms with E-state index in [1.807, 2.05) is 32.9 Å². The average Bonchev–Trinajstić information content (AvgIpc) is 2.48. The number of pyridine rings is 1. The van der Waals surface area contributed by atoms with Crippen LogP contribution in [0.1, 0.15) is 37.9 Å². The maximum Gasteiger partial charge on any atom is 0.213 e. The van der Waals surface area contributed by atoms with E-state index in [9.17, 15) is 8.78 Å². The molecule has 0 radical (unpaired) electrons. The molecule has 1 aromatic heterocycles. The van der Waals surface area contributed by atoms with Crippen molar-refractivity contribution in [1.29, 1.82) is 0 Å². The van der Waals surface area contributed by atoms with Crippen LogP contribution in [0.25, 0.3) is 0 Å². The van der Waals surface area contributed by atoms with Gasteiger partial charge in [-0.2, -0.15) is 0 Å². The van der Waals surface area contributed by atoms with Crippen molar-refractivity contribution in [2.24, 2.45) is 0 Å². The van der Waals surface area contributed by atoms with Gasteiger partial charge in [-0.25, -0.2) is 13.8 Å². The number of nitrogens with zero attached hydrogens (tertiary/aromatic N) is 1. The van der Waals surface area contributed by atoms with E-state index in [0.29, 0.717) is 18.0 Å². The van der Waals surface area contributed by atoms with E-state index in [4.69, 9.17) is 4.74 Å². The van der Waals surface area contributed by atoms with Gasteiger partial charge in [0.05, 0.1) is 6.10 Å². The molecule has 1 aromatic carbocycles. The normalized spacial score (nSPS) is 12.5. The third kappa shape index (κ3) is 4.49. The van der Waals surface area contributed by atoms with Gasteiger partial charge in [0.15, 0.2) is 11.6 Å². The fraction of sp³-hybridized carbons (Fsp3) is 0.353. The second-order valence-corrected chi connectivity index (χ2v) is 5.45. The molecule has 118 valence electrons. The Kier molecular flexibility index (Phi) is 5.44. The molecular formula is C17H20F2N2O. The molecule has 0 fully saturated rings. The quantitative estimate of drug-likeness (QED) is 0.876. The molecule has 1 unspecified atom stereocenters. The third-order valence-corrected chi connectivity index (χ3v) is 3.21. The Labute approximate surface area is 129 Å². The maximum absolute atomic E-state index is 13.2. The highest BCUT2D eigenvalue weighted by Gasteiger charge is 2.09. The summed E-state index contributed by atoms with van der Waals surface area (Å²) < 4.78 is 31.6. The number of rotatable bonds is 6. The van der Waals surface area contributed by atoms with E-state index in [0.717, 1.165) is 11.6 Å². The minimum absolute atomic E-state index is 0.0878. The van der Waals surface area contributed by atoms with Crippen LogP contribution in [0.2, 0.25) is 0 Å². The van der Waals surface area contributed by atoms with E-state index in [-0.39, 0.29) is 12.1 Å². The van der Waals surface area contributed by atoms with Crippen molar-refractivity contribution in [3.8, 4) is 5.88 Å². The molecule has 0 saturated carbocycles. The molecule has 2 aromatic rings. The summed E-state index contributed by atoms with van der Waals surface area (Å²) in [6.45, 7) is 6.37. The number of ether oxygens (including phenoxy) is 1. The fourth-order valence-corrected chi connectivity index (χ4v) is 2.00. The van der Waals surface area contributed by atoms with Crippen LogP contribution in [0.4, 0.5) is 8.78 Å². The summed E-state index contributed by atoms with van der Waals surface area (Å²) in [5.74, 6) is -1.07. The SMILES string of the molecule is CC(C)Oc1ccc(CNC(C)c2ccc(F)c(F)c2)cn1. The predicted molar refractivity (Wildman–Crippen MR) is 81.6 cm³/mol. The van der Waals surface area contributed by atoms with Crippen molar-refractivity contribution >= 4 is 0 Å². The first-order valence-electron chi connectivity index (χ1n) is 7.25. The Morgan fingerprint density at radius 1 is 1.09 bits per heavy atom. The largest absolute Gasteiger partial charge is 0.475 e. The Hall–Kier alpha value is -2.01. The molecule has 22 heavy (non-hydrogen) atoms. The van der Waals surface area contributed by atoms with Crippen LogP contribution in [0.3, 0.4) is 0 Å². The summed E-state index contributed by atoms with van der Waals surface area (Å²) in [6.07, 6.45) is 1.83. The Morgan fingerprint density at radius 2 is 1.86 bits per heavy atom. The topological polar surface area (TPSA) is 34.1 Å². The van der Waals surface area contributed by atoms with Crippen LogP contribution in [-0.4, -0.2) is 11.1 Å². The molecule has 0 saturated heterocycles. The van der Waals surface area contributed by atoms with E-state index >= 15 is 0 Å². The van der Waals surface area contributed by atoms with Crippen molar-refractivity contribution in [3.63, 3.8) is 0 Å². The van der Waals surface area contributed by atoms with E-state index < -0.39 is 11.6 Å². The van der Waals surface area contributed by atoms with Crippen LogP contribution < -0.4 is 10.1 Å². The monoisotopic (exact) mass is 306 g/mol. The maximum atomic E-state index is 13.2. The summed E-state index contributed by atoms with van der Waals surface area (Å²) >= 11 is 0. The zero-order valence-corrected chi connectivity index (χ0v) is 12.9. The highest BCUT2D eigenvalue weighted by molar-refractivity contribution is 5.22. The highest BCUT2D eigenvalue weighted by Crippen LogP contribution is 2.17. The number of aromatic nitrogens is 1. The molecular weight excluding hydrogens is 286 g/mol. The van der Waals surface area contributed by atoms with Gasteiger partial charge in [0.1, 0.15) is 0 Å². The first-order chi connectivity index (χ1) is 10.5. The van der Waals surface area contributed by atoms with Gasteiger partial charge in [0, 0.05) is 24.8 Å².